The molecule has 2 rings (SSSR count). The van der Waals surface area contributed by atoms with Crippen molar-refractivity contribution >= 4 is 34.0 Å². The van der Waals surface area contributed by atoms with E-state index in [0.29, 0.717) is 0 Å². The summed E-state index contributed by atoms with van der Waals surface area (Å²) in [7, 11) is 0. The molecule has 3 N–H and O–H groups in total. The van der Waals surface area contributed by atoms with E-state index in [0.717, 1.165) is 33.6 Å². The van der Waals surface area contributed by atoms with E-state index in [4.69, 9.17) is 5.73 Å². The molecule has 0 atom stereocenters. The van der Waals surface area contributed by atoms with Gasteiger partial charge in [0.1, 0.15) is 0 Å². The van der Waals surface area contributed by atoms with E-state index in [1.54, 1.807) is 0 Å². The Bertz CT molecular complexity index is 485. The van der Waals surface area contributed by atoms with E-state index >= 15 is 0 Å². The molecule has 0 spiro atoms. The van der Waals surface area contributed by atoms with Gasteiger partial charge in [-0.2, -0.15) is 0 Å². The van der Waals surface area contributed by atoms with Crippen molar-refractivity contribution in [2.24, 2.45) is 0 Å². The van der Waals surface area contributed by atoms with E-state index in [1.165, 1.54) is 0 Å². The first kappa shape index (κ1) is 12.2. The smallest absolute Gasteiger partial charge is 0.0574 e. The fourth-order valence-corrected chi connectivity index (χ4v) is 2.08. The zero-order valence-corrected chi connectivity index (χ0v) is 11.5. The second kappa shape index (κ2) is 5.86. The van der Waals surface area contributed by atoms with Crippen molar-refractivity contribution in [3.63, 3.8) is 0 Å². The van der Waals surface area contributed by atoms with Crippen LogP contribution in [0, 0.1) is 3.57 Å². The van der Waals surface area contributed by atoms with Crippen molar-refractivity contribution < 1.29 is 0 Å². The van der Waals surface area contributed by atoms with Gasteiger partial charge < -0.3 is 11.1 Å². The lowest BCUT2D eigenvalue weighted by Gasteiger charge is -2.09. The third kappa shape index (κ3) is 3.59. The molecule has 3 nitrogen and oxygen atoms in total. The zero-order chi connectivity index (χ0) is 12.1. The lowest BCUT2D eigenvalue weighted by molar-refractivity contribution is 0.962. The summed E-state index contributed by atoms with van der Waals surface area (Å²) in [5.74, 6) is 0. The third-order valence-corrected chi connectivity index (χ3v) is 3.11. The normalized spacial score (nSPS) is 10.2. The van der Waals surface area contributed by atoms with Gasteiger partial charge in [0.15, 0.2) is 0 Å². The molecule has 0 aliphatic heterocycles. The second-order valence-corrected chi connectivity index (χ2v) is 4.98. The molecule has 0 aliphatic carbocycles. The molecule has 0 bridgehead atoms. The summed E-state index contributed by atoms with van der Waals surface area (Å²) in [4.78, 5) is 4.27. The zero-order valence-electron chi connectivity index (χ0n) is 9.36. The molecule has 1 aromatic heterocycles. The number of benzene rings is 1. The van der Waals surface area contributed by atoms with Gasteiger partial charge in [-0.05, 0) is 52.9 Å². The topological polar surface area (TPSA) is 50.9 Å². The molecule has 0 saturated carbocycles. The summed E-state index contributed by atoms with van der Waals surface area (Å²) < 4.78 is 1.15. The van der Waals surface area contributed by atoms with Crippen LogP contribution in [0.4, 0.5) is 11.4 Å². The van der Waals surface area contributed by atoms with Crippen LogP contribution in [0.1, 0.15) is 5.69 Å². The van der Waals surface area contributed by atoms with Crippen LogP contribution < -0.4 is 11.1 Å². The summed E-state index contributed by atoms with van der Waals surface area (Å²) in [5, 5.41) is 3.32. The molecule has 2 aromatic rings. The van der Waals surface area contributed by atoms with Gasteiger partial charge >= 0.3 is 0 Å². The molecule has 88 valence electrons. The van der Waals surface area contributed by atoms with E-state index in [2.05, 4.69) is 32.9 Å². The molecule has 0 aliphatic rings. The van der Waals surface area contributed by atoms with Crippen LogP contribution in [0.25, 0.3) is 0 Å². The minimum Gasteiger partial charge on any atom is -0.397 e. The summed E-state index contributed by atoms with van der Waals surface area (Å²) in [6.07, 6.45) is 2.71. The van der Waals surface area contributed by atoms with E-state index in [9.17, 15) is 0 Å². The minimum atomic E-state index is 0.790. The Kier molecular flexibility index (Phi) is 4.19. The number of nitrogens with two attached hydrogens (primary N) is 1. The number of halogens is 1. The van der Waals surface area contributed by atoms with E-state index < -0.39 is 0 Å². The Morgan fingerprint density at radius 3 is 2.82 bits per heavy atom. The van der Waals surface area contributed by atoms with Gasteiger partial charge in [-0.15, -0.1) is 0 Å². The molecule has 0 radical (unpaired) electrons. The molecule has 1 heterocycles. The van der Waals surface area contributed by atoms with Gasteiger partial charge in [0.05, 0.1) is 11.4 Å². The number of nitrogens with one attached hydrogen (secondary N) is 1. The SMILES string of the molecule is Nc1cc(I)ccc1NCCc1ccccn1. The fourth-order valence-electron chi connectivity index (χ4n) is 1.57. The van der Waals surface area contributed by atoms with Crippen molar-refractivity contribution in [3.8, 4) is 0 Å². The maximum atomic E-state index is 5.92. The summed E-state index contributed by atoms with van der Waals surface area (Å²) in [6.45, 7) is 0.835. The van der Waals surface area contributed by atoms with Crippen molar-refractivity contribution in [1.82, 2.24) is 4.98 Å². The number of nitrogens with zero attached hydrogens (tertiary/aromatic N) is 1. The number of hydrogen-bond acceptors (Lipinski definition) is 3. The van der Waals surface area contributed by atoms with Crippen molar-refractivity contribution in [3.05, 3.63) is 51.9 Å². The number of anilines is 2. The van der Waals surface area contributed by atoms with Crippen molar-refractivity contribution in [2.75, 3.05) is 17.6 Å². The minimum absolute atomic E-state index is 0.790. The number of rotatable bonds is 4. The monoisotopic (exact) mass is 339 g/mol. The van der Waals surface area contributed by atoms with Gasteiger partial charge in [-0.1, -0.05) is 6.07 Å². The number of aromatic nitrogens is 1. The number of nitrogen functional groups attached to an aromatic ring is 1. The molecule has 0 fully saturated rings. The van der Waals surface area contributed by atoms with Gasteiger partial charge in [-0.3, -0.25) is 4.98 Å². The van der Waals surface area contributed by atoms with Crippen LogP contribution in [-0.4, -0.2) is 11.5 Å². The summed E-state index contributed by atoms with van der Waals surface area (Å²) in [5.41, 5.74) is 8.78. The van der Waals surface area contributed by atoms with Crippen LogP contribution in [0.3, 0.4) is 0 Å². The standard InChI is InChI=1S/C13H14IN3/c14-10-4-5-13(12(15)9-10)17-8-6-11-3-1-2-7-16-11/h1-5,7,9,17H,6,8,15H2. The van der Waals surface area contributed by atoms with Gasteiger partial charge in [0.2, 0.25) is 0 Å². The molecular formula is C13H14IN3. The quantitative estimate of drug-likeness (QED) is 0.665. The highest BCUT2D eigenvalue weighted by atomic mass is 127. The molecule has 4 heteroatoms. The lowest BCUT2D eigenvalue weighted by atomic mass is 10.2. The molecule has 1 aromatic carbocycles. The summed E-state index contributed by atoms with van der Waals surface area (Å²) in [6, 6.07) is 12.0. The first-order valence-electron chi connectivity index (χ1n) is 5.44. The van der Waals surface area contributed by atoms with Crippen LogP contribution in [0.15, 0.2) is 42.6 Å². The first-order valence-corrected chi connectivity index (χ1v) is 6.52. The highest BCUT2D eigenvalue weighted by Gasteiger charge is 1.99. The Morgan fingerprint density at radius 1 is 1.24 bits per heavy atom. The maximum absolute atomic E-state index is 5.92. The van der Waals surface area contributed by atoms with Crippen molar-refractivity contribution in [1.29, 1.82) is 0 Å². The molecule has 0 unspecified atom stereocenters. The largest absolute Gasteiger partial charge is 0.397 e. The van der Waals surface area contributed by atoms with Crippen LogP contribution >= 0.6 is 22.6 Å². The predicted molar refractivity (Wildman–Crippen MR) is 80.0 cm³/mol. The Labute approximate surface area is 115 Å². The molecule has 17 heavy (non-hydrogen) atoms. The Hall–Kier alpha value is -1.30. The summed E-state index contributed by atoms with van der Waals surface area (Å²) >= 11 is 2.25. The van der Waals surface area contributed by atoms with Gasteiger partial charge in [0, 0.05) is 28.4 Å². The van der Waals surface area contributed by atoms with Crippen LogP contribution in [0.2, 0.25) is 0 Å². The number of pyridine rings is 1. The van der Waals surface area contributed by atoms with Crippen molar-refractivity contribution in [2.45, 2.75) is 6.42 Å². The Balaban J connectivity index is 1.90. The average molecular weight is 339 g/mol. The number of hydrogen-bond donors (Lipinski definition) is 2. The third-order valence-electron chi connectivity index (χ3n) is 2.44. The molecule has 0 saturated heterocycles. The van der Waals surface area contributed by atoms with Gasteiger partial charge in [-0.25, -0.2) is 0 Å². The fraction of sp³-hybridized carbons (Fsp3) is 0.154. The predicted octanol–water partition coefficient (Wildman–Crippen LogP) is 2.92. The lowest BCUT2D eigenvalue weighted by Crippen LogP contribution is -2.07. The highest BCUT2D eigenvalue weighted by molar-refractivity contribution is 14.1. The van der Waals surface area contributed by atoms with E-state index in [-0.39, 0.29) is 0 Å². The highest BCUT2D eigenvalue weighted by Crippen LogP contribution is 2.20. The van der Waals surface area contributed by atoms with E-state index in [1.807, 2.05) is 42.6 Å². The second-order valence-electron chi connectivity index (χ2n) is 3.73. The van der Waals surface area contributed by atoms with Gasteiger partial charge in [0.25, 0.3) is 0 Å². The average Bonchev–Trinajstić information content (AvgIpc) is 2.33. The molecular weight excluding hydrogens is 325 g/mol. The Morgan fingerprint density at radius 2 is 2.12 bits per heavy atom. The van der Waals surface area contributed by atoms with Crippen LogP contribution in [-0.2, 0) is 6.42 Å². The first-order chi connectivity index (χ1) is 8.25. The molecule has 0 amide bonds. The van der Waals surface area contributed by atoms with Crippen LogP contribution in [0.5, 0.6) is 0 Å². The maximum Gasteiger partial charge on any atom is 0.0574 e.